The van der Waals surface area contributed by atoms with Crippen LogP contribution in [0.4, 0.5) is 0 Å². The van der Waals surface area contributed by atoms with E-state index >= 15 is 0 Å². The third-order valence-corrected chi connectivity index (χ3v) is 1.86. The maximum atomic E-state index is 10.7. The Hall–Kier alpha value is -0.610. The lowest BCUT2D eigenvalue weighted by Gasteiger charge is -2.11. The number of primary amides is 1. The molecule has 72 valence electrons. The topological polar surface area (TPSA) is 67.2 Å². The number of carbonyl (C=O) groups is 1. The van der Waals surface area contributed by atoms with Crippen molar-refractivity contribution >= 4 is 5.91 Å². The molecule has 0 unspecified atom stereocenters. The van der Waals surface area contributed by atoms with Crippen LogP contribution in [0.15, 0.2) is 0 Å². The van der Waals surface area contributed by atoms with E-state index in [-0.39, 0.29) is 11.9 Å². The number of rotatable bonds is 7. The molecule has 1 atom stereocenters. The SMILES string of the molecule is CNCCCC[C@H](NC)C(N)=O. The summed E-state index contributed by atoms with van der Waals surface area (Å²) in [7, 11) is 3.68. The third-order valence-electron chi connectivity index (χ3n) is 1.86. The number of likely N-dealkylation sites (N-methyl/N-ethyl adjacent to an activating group) is 1. The summed E-state index contributed by atoms with van der Waals surface area (Å²) in [6.45, 7) is 0.995. The highest BCUT2D eigenvalue weighted by Gasteiger charge is 2.10. The molecule has 0 aliphatic heterocycles. The summed E-state index contributed by atoms with van der Waals surface area (Å²) in [5.41, 5.74) is 5.14. The number of nitrogens with one attached hydrogen (secondary N) is 2. The molecule has 0 aliphatic rings. The van der Waals surface area contributed by atoms with Crippen LogP contribution in [0.1, 0.15) is 19.3 Å². The normalized spacial score (nSPS) is 12.8. The third kappa shape index (κ3) is 5.09. The lowest BCUT2D eigenvalue weighted by Crippen LogP contribution is -2.39. The van der Waals surface area contributed by atoms with Gasteiger partial charge < -0.3 is 16.4 Å². The van der Waals surface area contributed by atoms with Gasteiger partial charge in [0, 0.05) is 0 Å². The molecule has 4 N–H and O–H groups in total. The number of unbranched alkanes of at least 4 members (excludes halogenated alkanes) is 1. The first-order chi connectivity index (χ1) is 5.72. The molecule has 0 aromatic carbocycles. The van der Waals surface area contributed by atoms with Crippen LogP contribution in [0.25, 0.3) is 0 Å². The Morgan fingerprint density at radius 3 is 2.50 bits per heavy atom. The Balaban J connectivity index is 3.38. The van der Waals surface area contributed by atoms with Crippen molar-refractivity contribution in [1.82, 2.24) is 10.6 Å². The van der Waals surface area contributed by atoms with E-state index in [1.165, 1.54) is 0 Å². The molecular weight excluding hydrogens is 154 g/mol. The van der Waals surface area contributed by atoms with Crippen molar-refractivity contribution in [2.45, 2.75) is 25.3 Å². The second kappa shape index (κ2) is 7.06. The van der Waals surface area contributed by atoms with E-state index in [4.69, 9.17) is 5.73 Å². The van der Waals surface area contributed by atoms with Gasteiger partial charge in [0.2, 0.25) is 5.91 Å². The molecule has 0 radical (unpaired) electrons. The number of nitrogens with two attached hydrogens (primary N) is 1. The predicted octanol–water partition coefficient (Wildman–Crippen LogP) is -0.551. The molecule has 0 saturated carbocycles. The van der Waals surface area contributed by atoms with Crippen LogP contribution in [0.3, 0.4) is 0 Å². The Labute approximate surface area is 73.9 Å². The Morgan fingerprint density at radius 2 is 2.08 bits per heavy atom. The number of hydrogen-bond donors (Lipinski definition) is 3. The first-order valence-corrected chi connectivity index (χ1v) is 4.33. The summed E-state index contributed by atoms with van der Waals surface area (Å²) in [4.78, 5) is 10.7. The highest BCUT2D eigenvalue weighted by Crippen LogP contribution is 1.98. The van der Waals surface area contributed by atoms with Crippen molar-refractivity contribution in [3.05, 3.63) is 0 Å². The van der Waals surface area contributed by atoms with Gasteiger partial charge >= 0.3 is 0 Å². The number of amides is 1. The monoisotopic (exact) mass is 173 g/mol. The summed E-state index contributed by atoms with van der Waals surface area (Å²) in [5.74, 6) is -0.262. The minimum atomic E-state index is -0.262. The average Bonchev–Trinajstić information content (AvgIpc) is 2.04. The van der Waals surface area contributed by atoms with Crippen molar-refractivity contribution in [3.63, 3.8) is 0 Å². The minimum absolute atomic E-state index is 0.165. The molecule has 0 aliphatic carbocycles. The van der Waals surface area contributed by atoms with Gasteiger partial charge in [-0.1, -0.05) is 6.42 Å². The summed E-state index contributed by atoms with van der Waals surface area (Å²) in [5, 5.41) is 5.94. The second-order valence-electron chi connectivity index (χ2n) is 2.84. The molecule has 0 bridgehead atoms. The number of carbonyl (C=O) groups excluding carboxylic acids is 1. The molecule has 0 aromatic rings. The standard InChI is InChI=1S/C8H19N3O/c1-10-6-4-3-5-7(11-2)8(9)12/h7,10-11H,3-6H2,1-2H3,(H2,9,12)/t7-/m0/s1. The maximum absolute atomic E-state index is 10.7. The van der Waals surface area contributed by atoms with E-state index in [2.05, 4.69) is 10.6 Å². The quantitative estimate of drug-likeness (QED) is 0.452. The number of hydrogen-bond acceptors (Lipinski definition) is 3. The lowest BCUT2D eigenvalue weighted by atomic mass is 10.1. The van der Waals surface area contributed by atoms with Crippen LogP contribution in [-0.4, -0.2) is 32.6 Å². The molecule has 0 heterocycles. The van der Waals surface area contributed by atoms with Gasteiger partial charge in [0.15, 0.2) is 0 Å². The summed E-state index contributed by atoms with van der Waals surface area (Å²) < 4.78 is 0. The summed E-state index contributed by atoms with van der Waals surface area (Å²) in [6, 6.07) is -0.165. The minimum Gasteiger partial charge on any atom is -0.368 e. The van der Waals surface area contributed by atoms with E-state index < -0.39 is 0 Å². The average molecular weight is 173 g/mol. The van der Waals surface area contributed by atoms with Crippen LogP contribution < -0.4 is 16.4 Å². The van der Waals surface area contributed by atoms with Crippen molar-refractivity contribution in [1.29, 1.82) is 0 Å². The fourth-order valence-corrected chi connectivity index (χ4v) is 1.08. The molecular formula is C8H19N3O. The van der Waals surface area contributed by atoms with E-state index in [9.17, 15) is 4.79 Å². The van der Waals surface area contributed by atoms with Gasteiger partial charge in [-0.2, -0.15) is 0 Å². The van der Waals surface area contributed by atoms with Crippen molar-refractivity contribution in [3.8, 4) is 0 Å². The lowest BCUT2D eigenvalue weighted by molar-refractivity contribution is -0.120. The molecule has 0 fully saturated rings. The molecule has 4 heteroatoms. The van der Waals surface area contributed by atoms with Gasteiger partial charge in [-0.15, -0.1) is 0 Å². The summed E-state index contributed by atoms with van der Waals surface area (Å²) in [6.07, 6.45) is 2.94. The van der Waals surface area contributed by atoms with Crippen LogP contribution >= 0.6 is 0 Å². The zero-order chi connectivity index (χ0) is 9.40. The smallest absolute Gasteiger partial charge is 0.234 e. The fraction of sp³-hybridized carbons (Fsp3) is 0.875. The van der Waals surface area contributed by atoms with Gasteiger partial charge in [0.1, 0.15) is 0 Å². The summed E-state index contributed by atoms with van der Waals surface area (Å²) >= 11 is 0. The largest absolute Gasteiger partial charge is 0.368 e. The zero-order valence-corrected chi connectivity index (χ0v) is 7.89. The Morgan fingerprint density at radius 1 is 1.42 bits per heavy atom. The molecule has 0 spiro atoms. The van der Waals surface area contributed by atoms with Crippen molar-refractivity contribution in [2.75, 3.05) is 20.6 Å². The first kappa shape index (κ1) is 11.4. The van der Waals surface area contributed by atoms with Gasteiger partial charge in [-0.05, 0) is 33.5 Å². The Bertz CT molecular complexity index is 127. The van der Waals surface area contributed by atoms with Crippen LogP contribution in [-0.2, 0) is 4.79 Å². The van der Waals surface area contributed by atoms with Crippen LogP contribution in [0.2, 0.25) is 0 Å². The Kier molecular flexibility index (Phi) is 6.70. The maximum Gasteiger partial charge on any atom is 0.234 e. The van der Waals surface area contributed by atoms with E-state index in [1.807, 2.05) is 7.05 Å². The van der Waals surface area contributed by atoms with Crippen molar-refractivity contribution < 1.29 is 4.79 Å². The van der Waals surface area contributed by atoms with E-state index in [1.54, 1.807) is 7.05 Å². The first-order valence-electron chi connectivity index (χ1n) is 4.33. The highest BCUT2D eigenvalue weighted by molar-refractivity contribution is 5.79. The van der Waals surface area contributed by atoms with Crippen LogP contribution in [0, 0.1) is 0 Å². The fourth-order valence-electron chi connectivity index (χ4n) is 1.08. The van der Waals surface area contributed by atoms with Gasteiger partial charge in [-0.25, -0.2) is 0 Å². The van der Waals surface area contributed by atoms with Crippen molar-refractivity contribution in [2.24, 2.45) is 5.73 Å². The molecule has 1 amide bonds. The van der Waals surface area contributed by atoms with Gasteiger partial charge in [0.25, 0.3) is 0 Å². The molecule has 12 heavy (non-hydrogen) atoms. The second-order valence-corrected chi connectivity index (χ2v) is 2.84. The molecule has 4 nitrogen and oxygen atoms in total. The molecule has 0 aromatic heterocycles. The zero-order valence-electron chi connectivity index (χ0n) is 7.89. The van der Waals surface area contributed by atoms with E-state index in [0.717, 1.165) is 25.8 Å². The molecule has 0 saturated heterocycles. The van der Waals surface area contributed by atoms with E-state index in [0.29, 0.717) is 0 Å². The molecule has 0 rings (SSSR count). The van der Waals surface area contributed by atoms with Crippen LogP contribution in [0.5, 0.6) is 0 Å². The predicted molar refractivity (Wildman–Crippen MR) is 49.8 cm³/mol. The highest BCUT2D eigenvalue weighted by atomic mass is 16.1. The van der Waals surface area contributed by atoms with Gasteiger partial charge in [-0.3, -0.25) is 4.79 Å². The van der Waals surface area contributed by atoms with Gasteiger partial charge in [0.05, 0.1) is 6.04 Å².